The van der Waals surface area contributed by atoms with Gasteiger partial charge in [-0.15, -0.1) is 6.58 Å². The first kappa shape index (κ1) is 9.59. The summed E-state index contributed by atoms with van der Waals surface area (Å²) in [6.45, 7) is 4.34. The summed E-state index contributed by atoms with van der Waals surface area (Å²) in [5, 5.41) is 0. The van der Waals surface area contributed by atoms with Gasteiger partial charge in [-0.25, -0.2) is 0 Å². The third kappa shape index (κ3) is 1.38. The highest BCUT2D eigenvalue weighted by Crippen LogP contribution is 2.55. The highest BCUT2D eigenvalue weighted by Gasteiger charge is 2.55. The Labute approximate surface area is 90.7 Å². The molecule has 0 saturated heterocycles. The first-order chi connectivity index (χ1) is 7.22. The Bertz CT molecular complexity index is 290. The zero-order valence-electron chi connectivity index (χ0n) is 9.08. The fourth-order valence-corrected chi connectivity index (χ4v) is 4.09. The molecule has 82 valence electrons. The summed E-state index contributed by atoms with van der Waals surface area (Å²) in [6, 6.07) is 0. The minimum absolute atomic E-state index is 0.0403. The molecule has 0 aliphatic heterocycles. The number of rotatable bonds is 3. The SMILES string of the molecule is C=CCOC12CC3C[C@H](C1)C(=O)[C@@H](C3)C2. The van der Waals surface area contributed by atoms with Crippen molar-refractivity contribution in [1.82, 2.24) is 0 Å². The third-order valence-electron chi connectivity index (χ3n) is 4.45. The lowest BCUT2D eigenvalue weighted by Crippen LogP contribution is -2.56. The summed E-state index contributed by atoms with van der Waals surface area (Å²) in [7, 11) is 0. The third-order valence-corrected chi connectivity index (χ3v) is 4.45. The van der Waals surface area contributed by atoms with E-state index in [4.69, 9.17) is 4.74 Å². The average molecular weight is 206 g/mol. The van der Waals surface area contributed by atoms with Gasteiger partial charge in [0, 0.05) is 11.8 Å². The average Bonchev–Trinajstić information content (AvgIpc) is 2.22. The monoisotopic (exact) mass is 206 g/mol. The number of carbonyl (C=O) groups is 1. The molecular formula is C13H18O2. The molecule has 4 aliphatic carbocycles. The number of ether oxygens (including phenoxy) is 1. The van der Waals surface area contributed by atoms with E-state index in [1.165, 1.54) is 6.42 Å². The Hall–Kier alpha value is -0.630. The van der Waals surface area contributed by atoms with E-state index < -0.39 is 0 Å². The molecule has 0 heterocycles. The predicted octanol–water partition coefficient (Wildman–Crippen LogP) is 2.34. The van der Waals surface area contributed by atoms with Gasteiger partial charge in [0.15, 0.2) is 0 Å². The number of Topliss-reactive ketones (excluding diaryl/α,β-unsaturated/α-hetero) is 1. The van der Waals surface area contributed by atoms with Crippen LogP contribution in [0.4, 0.5) is 0 Å². The van der Waals surface area contributed by atoms with Gasteiger partial charge in [0.25, 0.3) is 0 Å². The van der Waals surface area contributed by atoms with Crippen LogP contribution in [-0.2, 0) is 9.53 Å². The Morgan fingerprint density at radius 1 is 1.33 bits per heavy atom. The van der Waals surface area contributed by atoms with Crippen molar-refractivity contribution in [2.75, 3.05) is 6.61 Å². The second kappa shape index (κ2) is 3.18. The van der Waals surface area contributed by atoms with Gasteiger partial charge in [-0.2, -0.15) is 0 Å². The minimum atomic E-state index is 0.0403. The van der Waals surface area contributed by atoms with Crippen LogP contribution >= 0.6 is 0 Å². The normalized spacial score (nSPS) is 47.2. The molecule has 0 aromatic rings. The number of carbonyl (C=O) groups excluding carboxylic acids is 1. The van der Waals surface area contributed by atoms with Gasteiger partial charge in [0.05, 0.1) is 12.2 Å². The van der Waals surface area contributed by atoms with Gasteiger partial charge in [-0.3, -0.25) is 4.79 Å². The molecule has 0 amide bonds. The molecule has 4 atom stereocenters. The van der Waals surface area contributed by atoms with E-state index in [1.807, 2.05) is 6.08 Å². The molecule has 4 saturated carbocycles. The second-order valence-corrected chi connectivity index (χ2v) is 5.53. The summed E-state index contributed by atoms with van der Waals surface area (Å²) in [6.07, 6.45) is 7.23. The van der Waals surface area contributed by atoms with Gasteiger partial charge in [0.1, 0.15) is 5.78 Å². The molecule has 0 aromatic heterocycles. The van der Waals surface area contributed by atoms with Crippen LogP contribution in [0.25, 0.3) is 0 Å². The van der Waals surface area contributed by atoms with Crippen molar-refractivity contribution >= 4 is 5.78 Å². The van der Waals surface area contributed by atoms with Crippen LogP contribution in [-0.4, -0.2) is 18.0 Å². The number of hydrogen-bond acceptors (Lipinski definition) is 2. The fourth-order valence-electron chi connectivity index (χ4n) is 4.09. The van der Waals surface area contributed by atoms with Crippen molar-refractivity contribution < 1.29 is 9.53 Å². The number of hydrogen-bond donors (Lipinski definition) is 0. The smallest absolute Gasteiger partial charge is 0.139 e. The van der Waals surface area contributed by atoms with Gasteiger partial charge in [-0.05, 0) is 38.0 Å². The Morgan fingerprint density at radius 2 is 2.00 bits per heavy atom. The lowest BCUT2D eigenvalue weighted by atomic mass is 9.53. The van der Waals surface area contributed by atoms with E-state index >= 15 is 0 Å². The van der Waals surface area contributed by atoms with E-state index in [0.717, 1.165) is 31.6 Å². The molecule has 4 aliphatic rings. The van der Waals surface area contributed by atoms with Gasteiger partial charge < -0.3 is 4.74 Å². The Morgan fingerprint density at radius 3 is 2.60 bits per heavy atom. The molecule has 2 unspecified atom stereocenters. The van der Waals surface area contributed by atoms with Crippen LogP contribution in [0.5, 0.6) is 0 Å². The molecule has 15 heavy (non-hydrogen) atoms. The van der Waals surface area contributed by atoms with Gasteiger partial charge in [0.2, 0.25) is 0 Å². The molecule has 4 bridgehead atoms. The molecule has 0 aromatic carbocycles. The predicted molar refractivity (Wildman–Crippen MR) is 57.4 cm³/mol. The van der Waals surface area contributed by atoms with Crippen LogP contribution in [0.3, 0.4) is 0 Å². The van der Waals surface area contributed by atoms with Crippen molar-refractivity contribution in [2.24, 2.45) is 17.8 Å². The van der Waals surface area contributed by atoms with Crippen LogP contribution in [0, 0.1) is 17.8 Å². The topological polar surface area (TPSA) is 26.3 Å². The largest absolute Gasteiger partial charge is 0.371 e. The quantitative estimate of drug-likeness (QED) is 0.662. The molecule has 0 N–H and O–H groups in total. The summed E-state index contributed by atoms with van der Waals surface area (Å²) in [5.41, 5.74) is 0.0403. The van der Waals surface area contributed by atoms with E-state index in [2.05, 4.69) is 6.58 Å². The van der Waals surface area contributed by atoms with Crippen LogP contribution in [0.15, 0.2) is 12.7 Å². The van der Waals surface area contributed by atoms with Crippen LogP contribution in [0.2, 0.25) is 0 Å². The summed E-state index contributed by atoms with van der Waals surface area (Å²) >= 11 is 0. The maximum Gasteiger partial charge on any atom is 0.139 e. The summed E-state index contributed by atoms with van der Waals surface area (Å²) in [5.74, 6) is 1.93. The highest BCUT2D eigenvalue weighted by molar-refractivity contribution is 5.85. The van der Waals surface area contributed by atoms with Crippen LogP contribution < -0.4 is 0 Å². The van der Waals surface area contributed by atoms with Crippen molar-refractivity contribution in [2.45, 2.75) is 37.7 Å². The molecule has 2 nitrogen and oxygen atoms in total. The zero-order chi connectivity index (χ0) is 10.5. The standard InChI is InChI=1S/C13H18O2/c1-2-3-15-13-6-9-4-10(7-13)12(14)11(5-9)8-13/h2,9-11H,1,3-8H2/t9?,10-,11+,13?. The number of ketones is 1. The van der Waals surface area contributed by atoms with Crippen LogP contribution in [0.1, 0.15) is 32.1 Å². The highest BCUT2D eigenvalue weighted by atomic mass is 16.5. The summed E-state index contributed by atoms with van der Waals surface area (Å²) < 4.78 is 5.97. The zero-order valence-corrected chi connectivity index (χ0v) is 9.08. The maximum absolute atomic E-state index is 11.9. The lowest BCUT2D eigenvalue weighted by molar-refractivity contribution is -0.172. The van der Waals surface area contributed by atoms with Crippen molar-refractivity contribution in [3.05, 3.63) is 12.7 Å². The molecule has 2 heteroatoms. The van der Waals surface area contributed by atoms with Crippen molar-refractivity contribution in [3.8, 4) is 0 Å². The second-order valence-electron chi connectivity index (χ2n) is 5.53. The van der Waals surface area contributed by atoms with E-state index in [1.54, 1.807) is 0 Å². The van der Waals surface area contributed by atoms with E-state index in [0.29, 0.717) is 24.2 Å². The van der Waals surface area contributed by atoms with Gasteiger partial charge in [-0.1, -0.05) is 6.08 Å². The van der Waals surface area contributed by atoms with E-state index in [9.17, 15) is 4.79 Å². The molecule has 0 spiro atoms. The molecule has 4 fully saturated rings. The first-order valence-electron chi connectivity index (χ1n) is 6.01. The minimum Gasteiger partial charge on any atom is -0.371 e. The molecule has 4 rings (SSSR count). The van der Waals surface area contributed by atoms with E-state index in [-0.39, 0.29) is 5.60 Å². The van der Waals surface area contributed by atoms with Crippen molar-refractivity contribution in [1.29, 1.82) is 0 Å². The Kier molecular flexibility index (Phi) is 2.03. The summed E-state index contributed by atoms with van der Waals surface area (Å²) in [4.78, 5) is 11.9. The fraction of sp³-hybridized carbons (Fsp3) is 0.769. The lowest BCUT2D eigenvalue weighted by Gasteiger charge is -2.55. The maximum atomic E-state index is 11.9. The van der Waals surface area contributed by atoms with Gasteiger partial charge >= 0.3 is 0 Å². The van der Waals surface area contributed by atoms with Crippen molar-refractivity contribution in [3.63, 3.8) is 0 Å². The Balaban J connectivity index is 1.82. The molecule has 0 radical (unpaired) electrons. The molecular weight excluding hydrogens is 188 g/mol. The first-order valence-corrected chi connectivity index (χ1v) is 6.01.